The van der Waals surface area contributed by atoms with Gasteiger partial charge in [0.25, 0.3) is 0 Å². The highest BCUT2D eigenvalue weighted by molar-refractivity contribution is 5.75. The van der Waals surface area contributed by atoms with Gasteiger partial charge in [0.15, 0.2) is 0 Å². The van der Waals surface area contributed by atoms with E-state index in [1.165, 1.54) is 32.1 Å². The lowest BCUT2D eigenvalue weighted by atomic mass is 9.69. The zero-order valence-corrected chi connectivity index (χ0v) is 17.4. The van der Waals surface area contributed by atoms with Gasteiger partial charge < -0.3 is 21.3 Å². The van der Waals surface area contributed by atoms with Gasteiger partial charge in [-0.1, -0.05) is 25.7 Å². The van der Waals surface area contributed by atoms with Gasteiger partial charge in [-0.25, -0.2) is 4.79 Å². The summed E-state index contributed by atoms with van der Waals surface area (Å²) in [6.07, 6.45) is 10.0. The normalized spacial score (nSPS) is 35.5. The predicted octanol–water partition coefficient (Wildman–Crippen LogP) is 0.951. The molecule has 3 aliphatic rings. The maximum absolute atomic E-state index is 12.5. The Bertz CT molecular complexity index is 531. The number of carbonyl (C=O) groups is 2. The molecule has 1 aliphatic heterocycles. The summed E-state index contributed by atoms with van der Waals surface area (Å²) < 4.78 is 0. The van der Waals surface area contributed by atoms with Crippen molar-refractivity contribution in [2.45, 2.75) is 89.3 Å². The Morgan fingerprint density at radius 3 is 2.54 bits per heavy atom. The van der Waals surface area contributed by atoms with Crippen molar-refractivity contribution in [1.29, 1.82) is 0 Å². The monoisotopic (exact) mass is 394 g/mol. The second kappa shape index (κ2) is 10.4. The Hall–Kier alpha value is -1.38. The zero-order valence-electron chi connectivity index (χ0n) is 17.4. The Labute approximate surface area is 168 Å². The van der Waals surface area contributed by atoms with Crippen molar-refractivity contribution in [3.05, 3.63) is 0 Å². The summed E-state index contributed by atoms with van der Waals surface area (Å²) in [7, 11) is 1.65. The fraction of sp³-hybridized carbons (Fsp3) is 0.900. The van der Waals surface area contributed by atoms with Crippen molar-refractivity contribution in [3.8, 4) is 0 Å². The van der Waals surface area contributed by atoms with Crippen molar-refractivity contribution >= 4 is 11.9 Å². The highest BCUT2D eigenvalue weighted by atomic mass is 16.2. The minimum Gasteiger partial charge on any atom is -0.359 e. The van der Waals surface area contributed by atoms with Crippen LogP contribution in [0.4, 0.5) is 4.79 Å². The van der Waals surface area contributed by atoms with E-state index in [2.05, 4.69) is 38.8 Å². The van der Waals surface area contributed by atoms with Gasteiger partial charge in [0.2, 0.25) is 5.91 Å². The molecule has 3 amide bonds. The van der Waals surface area contributed by atoms with Crippen LogP contribution in [-0.2, 0) is 4.79 Å². The Kier molecular flexibility index (Phi) is 7.93. The number of urea groups is 1. The molecular weight excluding hydrogens is 356 g/mol. The number of rotatable bonds is 6. The summed E-state index contributed by atoms with van der Waals surface area (Å²) in [5.74, 6) is 1.71. The minimum absolute atomic E-state index is 0.0243. The molecule has 0 aromatic carbocycles. The van der Waals surface area contributed by atoms with Gasteiger partial charge in [-0.15, -0.1) is 0 Å². The molecular formula is C20H38N6O2. The summed E-state index contributed by atoms with van der Waals surface area (Å²) in [6, 6.07) is 0.450. The predicted molar refractivity (Wildman–Crippen MR) is 109 cm³/mol. The summed E-state index contributed by atoms with van der Waals surface area (Å²) in [5.41, 5.74) is 0. The molecule has 28 heavy (non-hydrogen) atoms. The molecule has 2 aliphatic carbocycles. The van der Waals surface area contributed by atoms with E-state index in [-0.39, 0.29) is 30.4 Å². The minimum atomic E-state index is -0.285. The summed E-state index contributed by atoms with van der Waals surface area (Å²) in [6.45, 7) is 2.71. The van der Waals surface area contributed by atoms with E-state index < -0.39 is 0 Å². The topological polar surface area (TPSA) is 106 Å². The first-order chi connectivity index (χ1) is 13.5. The molecule has 2 saturated carbocycles. The highest BCUT2D eigenvalue weighted by Crippen LogP contribution is 2.40. The molecule has 0 spiro atoms. The van der Waals surface area contributed by atoms with Gasteiger partial charge in [0.1, 0.15) is 6.29 Å². The Morgan fingerprint density at radius 2 is 1.75 bits per heavy atom. The molecule has 3 rings (SSSR count). The molecule has 3 fully saturated rings. The van der Waals surface area contributed by atoms with E-state index in [1.807, 2.05) is 0 Å². The molecule has 8 nitrogen and oxygen atoms in total. The lowest BCUT2D eigenvalue weighted by molar-refractivity contribution is -0.120. The maximum Gasteiger partial charge on any atom is 0.317 e. The third kappa shape index (κ3) is 6.32. The first kappa shape index (κ1) is 21.3. The Balaban J connectivity index is 1.39. The van der Waals surface area contributed by atoms with E-state index in [0.717, 1.165) is 31.1 Å². The van der Waals surface area contributed by atoms with Crippen molar-refractivity contribution in [3.63, 3.8) is 0 Å². The van der Waals surface area contributed by atoms with E-state index in [1.54, 1.807) is 7.05 Å². The third-order valence-electron chi connectivity index (χ3n) is 6.58. The van der Waals surface area contributed by atoms with Gasteiger partial charge in [0.05, 0.1) is 6.17 Å². The standard InChI is InChI=1S/C20H38N6O2/c1-13-11-17(22-10-9-18(27)21-2)25-19(23-13)26-20(28)24-16-8-7-14-5-3-4-6-15(14)12-16/h13-17,19,22-23,25H,3-12H2,1-2H3,(H,21,27)(H2,24,26,28). The summed E-state index contributed by atoms with van der Waals surface area (Å²) >= 11 is 0. The van der Waals surface area contributed by atoms with Gasteiger partial charge in [0, 0.05) is 32.1 Å². The van der Waals surface area contributed by atoms with Gasteiger partial charge in [-0.3, -0.25) is 15.4 Å². The number of fused-ring (bicyclic) bond motifs is 1. The number of amides is 3. The van der Waals surface area contributed by atoms with Crippen LogP contribution in [0.3, 0.4) is 0 Å². The van der Waals surface area contributed by atoms with Gasteiger partial charge >= 0.3 is 6.03 Å². The van der Waals surface area contributed by atoms with Crippen molar-refractivity contribution in [1.82, 2.24) is 31.9 Å². The summed E-state index contributed by atoms with van der Waals surface area (Å²) in [5, 5.41) is 18.9. The fourth-order valence-corrected chi connectivity index (χ4v) is 5.10. The third-order valence-corrected chi connectivity index (χ3v) is 6.58. The second-order valence-electron chi connectivity index (χ2n) is 8.77. The van der Waals surface area contributed by atoms with E-state index in [4.69, 9.17) is 0 Å². The first-order valence-electron chi connectivity index (χ1n) is 11.1. The largest absolute Gasteiger partial charge is 0.359 e. The Morgan fingerprint density at radius 1 is 0.964 bits per heavy atom. The molecule has 0 aromatic rings. The van der Waals surface area contributed by atoms with Gasteiger partial charge in [-0.05, 0) is 44.4 Å². The van der Waals surface area contributed by atoms with E-state index in [0.29, 0.717) is 19.0 Å². The molecule has 6 atom stereocenters. The molecule has 0 bridgehead atoms. The van der Waals surface area contributed by atoms with Crippen LogP contribution in [0, 0.1) is 11.8 Å². The van der Waals surface area contributed by atoms with Crippen LogP contribution in [0.5, 0.6) is 0 Å². The molecule has 0 aromatic heterocycles. The average molecular weight is 395 g/mol. The summed E-state index contributed by atoms with van der Waals surface area (Å²) in [4.78, 5) is 23.9. The van der Waals surface area contributed by atoms with Crippen molar-refractivity contribution in [2.75, 3.05) is 13.6 Å². The van der Waals surface area contributed by atoms with Crippen LogP contribution in [0.2, 0.25) is 0 Å². The number of nitrogens with one attached hydrogen (secondary N) is 6. The number of hydrogen-bond donors (Lipinski definition) is 6. The molecule has 6 unspecified atom stereocenters. The van der Waals surface area contributed by atoms with Crippen LogP contribution in [0.1, 0.15) is 64.7 Å². The van der Waals surface area contributed by atoms with Crippen LogP contribution < -0.4 is 31.9 Å². The maximum atomic E-state index is 12.5. The zero-order chi connectivity index (χ0) is 19.9. The van der Waals surface area contributed by atoms with Gasteiger partial charge in [-0.2, -0.15) is 0 Å². The fourth-order valence-electron chi connectivity index (χ4n) is 5.10. The molecule has 0 radical (unpaired) electrons. The quantitative estimate of drug-likeness (QED) is 0.402. The smallest absolute Gasteiger partial charge is 0.317 e. The van der Waals surface area contributed by atoms with Crippen molar-refractivity contribution < 1.29 is 9.59 Å². The van der Waals surface area contributed by atoms with Crippen LogP contribution in [-0.4, -0.2) is 50.1 Å². The average Bonchev–Trinajstić information content (AvgIpc) is 2.67. The molecule has 1 saturated heterocycles. The molecule has 8 heteroatoms. The highest BCUT2D eigenvalue weighted by Gasteiger charge is 2.33. The number of carbonyl (C=O) groups excluding carboxylic acids is 2. The van der Waals surface area contributed by atoms with Crippen molar-refractivity contribution in [2.24, 2.45) is 11.8 Å². The first-order valence-corrected chi connectivity index (χ1v) is 11.1. The van der Waals surface area contributed by atoms with E-state index >= 15 is 0 Å². The molecule has 6 N–H and O–H groups in total. The van der Waals surface area contributed by atoms with Crippen LogP contribution in [0.25, 0.3) is 0 Å². The number of hydrogen-bond acceptors (Lipinski definition) is 5. The second-order valence-corrected chi connectivity index (χ2v) is 8.77. The lowest BCUT2D eigenvalue weighted by Gasteiger charge is -2.40. The SMILES string of the molecule is CNC(=O)CCNC1CC(C)NC(NC(=O)NC2CCC3CCCCC3C2)N1. The van der Waals surface area contributed by atoms with Crippen LogP contribution in [0.15, 0.2) is 0 Å². The van der Waals surface area contributed by atoms with E-state index in [9.17, 15) is 9.59 Å². The molecule has 1 heterocycles. The lowest BCUT2D eigenvalue weighted by Crippen LogP contribution is -2.68. The molecule has 160 valence electrons. The van der Waals surface area contributed by atoms with Crippen LogP contribution >= 0.6 is 0 Å².